The summed E-state index contributed by atoms with van der Waals surface area (Å²) in [6, 6.07) is 9.58. The second kappa shape index (κ2) is 3.34. The normalized spacial score (nSPS) is 10.8. The van der Waals surface area contributed by atoms with Gasteiger partial charge in [-0.25, -0.2) is 4.98 Å². The zero-order valence-electron chi connectivity index (χ0n) is 8.54. The highest BCUT2D eigenvalue weighted by atomic mass is 15.0. The van der Waals surface area contributed by atoms with Gasteiger partial charge in [-0.15, -0.1) is 0 Å². The molecule has 78 valence electrons. The van der Waals surface area contributed by atoms with Crippen LogP contribution in [0.25, 0.3) is 17.0 Å². The summed E-state index contributed by atoms with van der Waals surface area (Å²) in [6.45, 7) is 0. The Labute approximate surface area is 92.4 Å². The lowest BCUT2D eigenvalue weighted by Crippen LogP contribution is -1.87. The Kier molecular flexibility index (Phi) is 1.86. The standard InChI is InChI=1S/C12H10N4/c13-9-4-5-10(14-7-9)11-8-16-6-2-1-3-12(16)15-11/h1-8H,13H2. The van der Waals surface area contributed by atoms with Gasteiger partial charge in [-0.05, 0) is 24.3 Å². The molecule has 0 saturated heterocycles. The first kappa shape index (κ1) is 8.91. The molecule has 0 spiro atoms. The Morgan fingerprint density at radius 2 is 2.00 bits per heavy atom. The minimum absolute atomic E-state index is 0.660. The number of anilines is 1. The first-order valence-electron chi connectivity index (χ1n) is 4.98. The summed E-state index contributed by atoms with van der Waals surface area (Å²) in [5.74, 6) is 0. The molecule has 0 aromatic carbocycles. The maximum Gasteiger partial charge on any atom is 0.137 e. The summed E-state index contributed by atoms with van der Waals surface area (Å²) >= 11 is 0. The Morgan fingerprint density at radius 3 is 2.75 bits per heavy atom. The van der Waals surface area contributed by atoms with Gasteiger partial charge < -0.3 is 10.1 Å². The molecule has 16 heavy (non-hydrogen) atoms. The van der Waals surface area contributed by atoms with Crippen LogP contribution < -0.4 is 5.73 Å². The van der Waals surface area contributed by atoms with Gasteiger partial charge >= 0.3 is 0 Å². The minimum Gasteiger partial charge on any atom is -0.397 e. The van der Waals surface area contributed by atoms with E-state index in [0.29, 0.717) is 5.69 Å². The molecule has 0 aliphatic carbocycles. The van der Waals surface area contributed by atoms with E-state index in [0.717, 1.165) is 17.0 Å². The van der Waals surface area contributed by atoms with Gasteiger partial charge in [0.15, 0.2) is 0 Å². The molecule has 0 unspecified atom stereocenters. The fourth-order valence-corrected chi connectivity index (χ4v) is 1.61. The fraction of sp³-hybridized carbons (Fsp3) is 0. The van der Waals surface area contributed by atoms with Gasteiger partial charge in [0, 0.05) is 12.4 Å². The molecule has 3 rings (SSSR count). The van der Waals surface area contributed by atoms with Gasteiger partial charge in [-0.2, -0.15) is 0 Å². The van der Waals surface area contributed by atoms with Gasteiger partial charge in [0.25, 0.3) is 0 Å². The first-order valence-corrected chi connectivity index (χ1v) is 4.98. The Bertz CT molecular complexity index is 592. The number of nitrogens with two attached hydrogens (primary N) is 1. The van der Waals surface area contributed by atoms with Crippen molar-refractivity contribution in [3.63, 3.8) is 0 Å². The molecule has 0 aliphatic rings. The molecule has 4 heteroatoms. The van der Waals surface area contributed by atoms with E-state index < -0.39 is 0 Å². The number of rotatable bonds is 1. The predicted octanol–water partition coefficient (Wildman–Crippen LogP) is 1.98. The minimum atomic E-state index is 0.660. The largest absolute Gasteiger partial charge is 0.397 e. The highest BCUT2D eigenvalue weighted by Gasteiger charge is 2.04. The number of aromatic nitrogens is 3. The van der Waals surface area contributed by atoms with E-state index in [1.807, 2.05) is 47.1 Å². The third kappa shape index (κ3) is 1.40. The molecule has 0 atom stereocenters. The summed E-state index contributed by atoms with van der Waals surface area (Å²) < 4.78 is 1.97. The fourth-order valence-electron chi connectivity index (χ4n) is 1.61. The second-order valence-electron chi connectivity index (χ2n) is 3.57. The Balaban J connectivity index is 2.15. The van der Waals surface area contributed by atoms with Crippen LogP contribution in [0.2, 0.25) is 0 Å². The van der Waals surface area contributed by atoms with Gasteiger partial charge in [-0.1, -0.05) is 6.07 Å². The number of imidazole rings is 1. The monoisotopic (exact) mass is 210 g/mol. The van der Waals surface area contributed by atoms with E-state index in [-0.39, 0.29) is 0 Å². The smallest absolute Gasteiger partial charge is 0.137 e. The Morgan fingerprint density at radius 1 is 1.06 bits per heavy atom. The lowest BCUT2D eigenvalue weighted by molar-refractivity contribution is 1.19. The van der Waals surface area contributed by atoms with Crippen LogP contribution in [0, 0.1) is 0 Å². The topological polar surface area (TPSA) is 56.2 Å². The van der Waals surface area contributed by atoms with Crippen LogP contribution in [-0.4, -0.2) is 14.4 Å². The van der Waals surface area contributed by atoms with Crippen molar-refractivity contribution >= 4 is 11.3 Å². The zero-order chi connectivity index (χ0) is 11.0. The molecule has 0 aliphatic heterocycles. The number of fused-ring (bicyclic) bond motifs is 1. The van der Waals surface area contributed by atoms with Gasteiger partial charge in [0.05, 0.1) is 17.6 Å². The van der Waals surface area contributed by atoms with Gasteiger partial charge in [0.1, 0.15) is 11.3 Å². The van der Waals surface area contributed by atoms with Crippen LogP contribution in [0.5, 0.6) is 0 Å². The lowest BCUT2D eigenvalue weighted by atomic mass is 10.3. The summed E-state index contributed by atoms with van der Waals surface area (Å²) in [6.07, 6.45) is 5.55. The van der Waals surface area contributed by atoms with Crippen molar-refractivity contribution in [3.05, 3.63) is 48.9 Å². The third-order valence-corrected chi connectivity index (χ3v) is 2.41. The molecule has 3 heterocycles. The Hall–Kier alpha value is -2.36. The van der Waals surface area contributed by atoms with Gasteiger partial charge in [-0.3, -0.25) is 4.98 Å². The molecule has 3 aromatic heterocycles. The maximum atomic E-state index is 5.59. The summed E-state index contributed by atoms with van der Waals surface area (Å²) in [5, 5.41) is 0. The van der Waals surface area contributed by atoms with Crippen molar-refractivity contribution in [1.82, 2.24) is 14.4 Å². The molecular formula is C12H10N4. The molecule has 3 aromatic rings. The summed E-state index contributed by atoms with van der Waals surface area (Å²) in [7, 11) is 0. The molecule has 0 fully saturated rings. The van der Waals surface area contributed by atoms with Crippen LogP contribution in [-0.2, 0) is 0 Å². The van der Waals surface area contributed by atoms with E-state index in [4.69, 9.17) is 5.73 Å². The van der Waals surface area contributed by atoms with Crippen molar-refractivity contribution in [1.29, 1.82) is 0 Å². The summed E-state index contributed by atoms with van der Waals surface area (Å²) in [5.41, 5.74) is 8.85. The molecule has 4 nitrogen and oxygen atoms in total. The van der Waals surface area contributed by atoms with Crippen molar-refractivity contribution in [2.75, 3.05) is 5.73 Å². The van der Waals surface area contributed by atoms with E-state index in [1.54, 1.807) is 6.20 Å². The van der Waals surface area contributed by atoms with E-state index in [9.17, 15) is 0 Å². The van der Waals surface area contributed by atoms with E-state index in [1.165, 1.54) is 0 Å². The highest BCUT2D eigenvalue weighted by molar-refractivity contribution is 5.60. The average molecular weight is 210 g/mol. The average Bonchev–Trinajstić information content (AvgIpc) is 2.73. The number of hydrogen-bond acceptors (Lipinski definition) is 3. The molecule has 0 bridgehead atoms. The molecule has 0 saturated carbocycles. The zero-order valence-corrected chi connectivity index (χ0v) is 8.54. The number of hydrogen-bond donors (Lipinski definition) is 1. The van der Waals surface area contributed by atoms with Crippen LogP contribution in [0.4, 0.5) is 5.69 Å². The van der Waals surface area contributed by atoms with Crippen LogP contribution in [0.15, 0.2) is 48.9 Å². The number of pyridine rings is 2. The first-order chi connectivity index (χ1) is 7.83. The SMILES string of the molecule is Nc1ccc(-c2cn3ccccc3n2)nc1. The van der Waals surface area contributed by atoms with Crippen molar-refractivity contribution in [2.24, 2.45) is 0 Å². The number of nitrogen functional groups attached to an aromatic ring is 1. The van der Waals surface area contributed by atoms with Crippen molar-refractivity contribution in [2.45, 2.75) is 0 Å². The highest BCUT2D eigenvalue weighted by Crippen LogP contribution is 2.17. The van der Waals surface area contributed by atoms with Gasteiger partial charge in [0.2, 0.25) is 0 Å². The van der Waals surface area contributed by atoms with Crippen molar-refractivity contribution < 1.29 is 0 Å². The quantitative estimate of drug-likeness (QED) is 0.668. The maximum absolute atomic E-state index is 5.59. The molecular weight excluding hydrogens is 200 g/mol. The van der Waals surface area contributed by atoms with Crippen molar-refractivity contribution in [3.8, 4) is 11.4 Å². The van der Waals surface area contributed by atoms with Crippen LogP contribution >= 0.6 is 0 Å². The predicted molar refractivity (Wildman–Crippen MR) is 62.8 cm³/mol. The summed E-state index contributed by atoms with van der Waals surface area (Å²) in [4.78, 5) is 8.72. The second-order valence-corrected chi connectivity index (χ2v) is 3.57. The lowest BCUT2D eigenvalue weighted by Gasteiger charge is -1.95. The van der Waals surface area contributed by atoms with Crippen LogP contribution in [0.1, 0.15) is 0 Å². The molecule has 0 radical (unpaired) electrons. The number of nitrogens with zero attached hydrogens (tertiary/aromatic N) is 3. The van der Waals surface area contributed by atoms with E-state index >= 15 is 0 Å². The van der Waals surface area contributed by atoms with Crippen LogP contribution in [0.3, 0.4) is 0 Å². The molecule has 2 N–H and O–H groups in total. The van der Waals surface area contributed by atoms with E-state index in [2.05, 4.69) is 9.97 Å². The molecule has 0 amide bonds. The third-order valence-electron chi connectivity index (χ3n) is 2.41.